The topological polar surface area (TPSA) is 61.9 Å². The highest BCUT2D eigenvalue weighted by Gasteiger charge is 2.23. The largest absolute Gasteiger partial charge is 0.307 e. The number of rotatable bonds is 4. The Bertz CT molecular complexity index is 965. The fourth-order valence-corrected chi connectivity index (χ4v) is 3.59. The summed E-state index contributed by atoms with van der Waals surface area (Å²) in [5.74, 6) is 0.663. The van der Waals surface area contributed by atoms with Gasteiger partial charge in [0, 0.05) is 42.0 Å². The molecule has 1 saturated heterocycles. The summed E-state index contributed by atoms with van der Waals surface area (Å²) in [5.41, 5.74) is 2.27. The molecule has 3 aromatic rings. The first kappa shape index (κ1) is 17.5. The van der Waals surface area contributed by atoms with Crippen molar-refractivity contribution >= 4 is 0 Å². The van der Waals surface area contributed by atoms with Gasteiger partial charge in [0.25, 0.3) is 5.56 Å². The summed E-state index contributed by atoms with van der Waals surface area (Å²) < 4.78 is 13.9. The molecule has 6 heteroatoms. The highest BCUT2D eigenvalue weighted by Crippen LogP contribution is 2.28. The van der Waals surface area contributed by atoms with Crippen LogP contribution in [-0.2, 0) is 6.54 Å². The maximum Gasteiger partial charge on any atom is 0.251 e. The SMILES string of the molecule is O=c1cc(C2CCN(Cc3ccccc3F)CC2)nc(-c2ccncc2)[nH]1. The van der Waals surface area contributed by atoms with Crippen molar-refractivity contribution in [3.8, 4) is 11.4 Å². The van der Waals surface area contributed by atoms with Crippen molar-refractivity contribution in [3.63, 3.8) is 0 Å². The molecule has 0 atom stereocenters. The fourth-order valence-electron chi connectivity index (χ4n) is 3.59. The summed E-state index contributed by atoms with van der Waals surface area (Å²) in [6.45, 7) is 2.33. The molecule has 0 saturated carbocycles. The number of hydrogen-bond acceptors (Lipinski definition) is 4. The Balaban J connectivity index is 1.46. The number of benzene rings is 1. The quantitative estimate of drug-likeness (QED) is 0.771. The van der Waals surface area contributed by atoms with E-state index in [2.05, 4.69) is 19.9 Å². The Kier molecular flexibility index (Phi) is 5.07. The smallest absolute Gasteiger partial charge is 0.251 e. The molecule has 2 aromatic heterocycles. The van der Waals surface area contributed by atoms with Crippen LogP contribution in [0.4, 0.5) is 4.39 Å². The van der Waals surface area contributed by atoms with E-state index >= 15 is 0 Å². The molecule has 5 nitrogen and oxygen atoms in total. The normalized spacial score (nSPS) is 15.7. The van der Waals surface area contributed by atoms with Crippen molar-refractivity contribution in [2.24, 2.45) is 0 Å². The molecule has 0 unspecified atom stereocenters. The van der Waals surface area contributed by atoms with E-state index in [-0.39, 0.29) is 17.3 Å². The third-order valence-electron chi connectivity index (χ3n) is 5.07. The number of aromatic amines is 1. The van der Waals surface area contributed by atoms with Crippen LogP contribution in [0.1, 0.15) is 30.0 Å². The van der Waals surface area contributed by atoms with Crippen LogP contribution < -0.4 is 5.56 Å². The highest BCUT2D eigenvalue weighted by molar-refractivity contribution is 5.53. The van der Waals surface area contributed by atoms with Gasteiger partial charge in [-0.3, -0.25) is 14.7 Å². The molecule has 1 fully saturated rings. The van der Waals surface area contributed by atoms with Gasteiger partial charge in [-0.25, -0.2) is 9.37 Å². The van der Waals surface area contributed by atoms with Crippen LogP contribution in [0.3, 0.4) is 0 Å². The zero-order valence-electron chi connectivity index (χ0n) is 14.9. The summed E-state index contributed by atoms with van der Waals surface area (Å²) >= 11 is 0. The molecular formula is C21H21FN4O. The third-order valence-corrected chi connectivity index (χ3v) is 5.07. The van der Waals surface area contributed by atoms with Crippen molar-refractivity contribution in [1.29, 1.82) is 0 Å². The molecule has 0 spiro atoms. The van der Waals surface area contributed by atoms with Crippen LogP contribution in [0.5, 0.6) is 0 Å². The van der Waals surface area contributed by atoms with Crippen molar-refractivity contribution in [2.75, 3.05) is 13.1 Å². The van der Waals surface area contributed by atoms with Gasteiger partial charge >= 0.3 is 0 Å². The molecule has 138 valence electrons. The number of aromatic nitrogens is 3. The lowest BCUT2D eigenvalue weighted by molar-refractivity contribution is 0.201. The Morgan fingerprint density at radius 2 is 1.85 bits per heavy atom. The summed E-state index contributed by atoms with van der Waals surface area (Å²) in [5, 5.41) is 0. The minimum atomic E-state index is -0.155. The van der Waals surface area contributed by atoms with E-state index in [4.69, 9.17) is 0 Å². The Morgan fingerprint density at radius 1 is 1.11 bits per heavy atom. The maximum absolute atomic E-state index is 13.9. The lowest BCUT2D eigenvalue weighted by Crippen LogP contribution is -2.33. The monoisotopic (exact) mass is 364 g/mol. The zero-order valence-corrected chi connectivity index (χ0v) is 14.9. The van der Waals surface area contributed by atoms with Crippen LogP contribution in [0.2, 0.25) is 0 Å². The minimum Gasteiger partial charge on any atom is -0.307 e. The first-order chi connectivity index (χ1) is 13.2. The standard InChI is InChI=1S/C21H21FN4O/c22-18-4-2-1-3-17(18)14-26-11-7-15(8-12-26)19-13-20(27)25-21(24-19)16-5-9-23-10-6-16/h1-6,9-10,13,15H,7-8,11-12,14H2,(H,24,25,27). The highest BCUT2D eigenvalue weighted by atomic mass is 19.1. The van der Waals surface area contributed by atoms with E-state index < -0.39 is 0 Å². The fraction of sp³-hybridized carbons (Fsp3) is 0.286. The number of nitrogens with one attached hydrogen (secondary N) is 1. The molecule has 1 aromatic carbocycles. The van der Waals surface area contributed by atoms with Gasteiger partial charge in [0.15, 0.2) is 0 Å². The van der Waals surface area contributed by atoms with Gasteiger partial charge in [0.05, 0.1) is 5.69 Å². The molecule has 3 heterocycles. The van der Waals surface area contributed by atoms with Crippen molar-refractivity contribution < 1.29 is 4.39 Å². The molecule has 0 bridgehead atoms. The second-order valence-electron chi connectivity index (χ2n) is 6.90. The van der Waals surface area contributed by atoms with Crippen molar-refractivity contribution in [3.05, 3.63) is 82.3 Å². The van der Waals surface area contributed by atoms with Gasteiger partial charge in [0.2, 0.25) is 0 Å². The van der Waals surface area contributed by atoms with E-state index in [0.29, 0.717) is 12.4 Å². The second-order valence-corrected chi connectivity index (χ2v) is 6.90. The lowest BCUT2D eigenvalue weighted by Gasteiger charge is -2.31. The first-order valence-corrected chi connectivity index (χ1v) is 9.16. The number of pyridine rings is 1. The molecule has 0 aliphatic carbocycles. The van der Waals surface area contributed by atoms with Gasteiger partial charge in [-0.15, -0.1) is 0 Å². The van der Waals surface area contributed by atoms with Gasteiger partial charge in [-0.05, 0) is 44.1 Å². The Labute approximate surface area is 156 Å². The van der Waals surface area contributed by atoms with E-state index in [0.717, 1.165) is 42.8 Å². The summed E-state index contributed by atoms with van der Waals surface area (Å²) in [4.78, 5) is 25.9. The molecule has 1 aliphatic rings. The van der Waals surface area contributed by atoms with Crippen molar-refractivity contribution in [2.45, 2.75) is 25.3 Å². The summed E-state index contributed by atoms with van der Waals surface area (Å²) in [6.07, 6.45) is 5.17. The molecule has 4 rings (SSSR count). The molecule has 0 radical (unpaired) electrons. The van der Waals surface area contributed by atoms with Gasteiger partial charge in [0.1, 0.15) is 11.6 Å². The van der Waals surface area contributed by atoms with Crippen molar-refractivity contribution in [1.82, 2.24) is 19.9 Å². The molecular weight excluding hydrogens is 343 g/mol. The van der Waals surface area contributed by atoms with Crippen LogP contribution in [0, 0.1) is 5.82 Å². The van der Waals surface area contributed by atoms with E-state index in [1.807, 2.05) is 24.3 Å². The number of H-pyrrole nitrogens is 1. The third kappa shape index (κ3) is 4.11. The predicted octanol–water partition coefficient (Wildman–Crippen LogP) is 3.35. The zero-order chi connectivity index (χ0) is 18.6. The molecule has 1 aliphatic heterocycles. The summed E-state index contributed by atoms with van der Waals surface area (Å²) in [7, 11) is 0. The van der Waals surface area contributed by atoms with E-state index in [1.54, 1.807) is 24.5 Å². The van der Waals surface area contributed by atoms with E-state index in [1.165, 1.54) is 6.07 Å². The first-order valence-electron chi connectivity index (χ1n) is 9.16. The van der Waals surface area contributed by atoms with Crippen LogP contribution >= 0.6 is 0 Å². The van der Waals surface area contributed by atoms with Crippen LogP contribution in [0.15, 0.2) is 59.7 Å². The predicted molar refractivity (Wildman–Crippen MR) is 102 cm³/mol. The van der Waals surface area contributed by atoms with Crippen LogP contribution in [-0.4, -0.2) is 32.9 Å². The summed E-state index contributed by atoms with van der Waals surface area (Å²) in [6, 6.07) is 12.2. The number of hydrogen-bond donors (Lipinski definition) is 1. The Morgan fingerprint density at radius 3 is 2.59 bits per heavy atom. The average Bonchev–Trinajstić information content (AvgIpc) is 2.70. The molecule has 1 N–H and O–H groups in total. The molecule has 0 amide bonds. The molecule has 27 heavy (non-hydrogen) atoms. The number of piperidine rings is 1. The van der Waals surface area contributed by atoms with E-state index in [9.17, 15) is 9.18 Å². The van der Waals surface area contributed by atoms with Crippen LogP contribution in [0.25, 0.3) is 11.4 Å². The number of halogens is 1. The number of nitrogens with zero attached hydrogens (tertiary/aromatic N) is 3. The van der Waals surface area contributed by atoms with Gasteiger partial charge in [-0.2, -0.15) is 0 Å². The Hall–Kier alpha value is -2.86. The average molecular weight is 364 g/mol. The minimum absolute atomic E-state index is 0.138. The maximum atomic E-state index is 13.9. The lowest BCUT2D eigenvalue weighted by atomic mass is 9.93. The number of likely N-dealkylation sites (tertiary alicyclic amines) is 1. The van der Waals surface area contributed by atoms with Gasteiger partial charge in [-0.1, -0.05) is 18.2 Å². The second kappa shape index (κ2) is 7.80. The van der Waals surface area contributed by atoms with Gasteiger partial charge < -0.3 is 4.98 Å².